The molecule has 22 heavy (non-hydrogen) atoms. The summed E-state index contributed by atoms with van der Waals surface area (Å²) in [7, 11) is 0. The molecule has 0 unspecified atom stereocenters. The van der Waals surface area contributed by atoms with Crippen LogP contribution in [-0.2, 0) is 6.54 Å². The molecule has 3 heteroatoms. The summed E-state index contributed by atoms with van der Waals surface area (Å²) >= 11 is 0. The van der Waals surface area contributed by atoms with Gasteiger partial charge in [0.2, 0.25) is 0 Å². The Labute approximate surface area is 130 Å². The summed E-state index contributed by atoms with van der Waals surface area (Å²) in [5.74, 6) is 4.52. The summed E-state index contributed by atoms with van der Waals surface area (Å²) in [6, 6.07) is 14.6. The molecule has 114 valence electrons. The summed E-state index contributed by atoms with van der Waals surface area (Å²) in [6.07, 6.45) is 1.26. The minimum atomic E-state index is 0.154. The fourth-order valence-electron chi connectivity index (χ4n) is 2.98. The predicted molar refractivity (Wildman–Crippen MR) is 86.7 cm³/mol. The van der Waals surface area contributed by atoms with Crippen LogP contribution in [0.1, 0.15) is 49.5 Å². The maximum atomic E-state index is 5.93. The quantitative estimate of drug-likeness (QED) is 0.720. The zero-order valence-electron chi connectivity index (χ0n) is 13.0. The molecule has 1 N–H and O–H groups in total. The lowest BCUT2D eigenvalue weighted by Gasteiger charge is -2.09. The Hall–Kier alpha value is -2.00. The molecule has 4 rings (SSSR count). The van der Waals surface area contributed by atoms with Gasteiger partial charge in [-0.15, -0.1) is 0 Å². The third-order valence-electron chi connectivity index (χ3n) is 4.61. The molecule has 2 heterocycles. The molecular weight excluding hydrogens is 274 g/mol. The maximum absolute atomic E-state index is 5.93. The Morgan fingerprint density at radius 3 is 2.77 bits per heavy atom. The van der Waals surface area contributed by atoms with Crippen molar-refractivity contribution in [3.05, 3.63) is 59.7 Å². The number of furan rings is 2. The number of nitrogens with one attached hydrogen (secondary N) is 1. The first-order valence-corrected chi connectivity index (χ1v) is 8.01. The van der Waals surface area contributed by atoms with Gasteiger partial charge in [-0.25, -0.2) is 0 Å². The minimum Gasteiger partial charge on any atom is -0.464 e. The minimum absolute atomic E-state index is 0.154. The second kappa shape index (κ2) is 5.33. The molecule has 1 aliphatic rings. The van der Waals surface area contributed by atoms with E-state index in [1.54, 1.807) is 0 Å². The van der Waals surface area contributed by atoms with Crippen LogP contribution in [0.2, 0.25) is 0 Å². The van der Waals surface area contributed by atoms with Crippen molar-refractivity contribution < 1.29 is 8.83 Å². The molecule has 3 aromatic rings. The molecule has 3 atom stereocenters. The van der Waals surface area contributed by atoms with Crippen molar-refractivity contribution in [2.24, 2.45) is 5.92 Å². The van der Waals surface area contributed by atoms with Gasteiger partial charge in [0.1, 0.15) is 22.9 Å². The van der Waals surface area contributed by atoms with Gasteiger partial charge in [-0.2, -0.15) is 0 Å². The SMILES string of the molecule is C[C@H](NCc1ccc([C@@H]2C[C@H]2C)o1)c1cc2ccccc2o1. The monoisotopic (exact) mass is 295 g/mol. The van der Waals surface area contributed by atoms with Crippen LogP contribution >= 0.6 is 0 Å². The van der Waals surface area contributed by atoms with E-state index in [2.05, 4.69) is 43.4 Å². The molecule has 0 saturated heterocycles. The van der Waals surface area contributed by atoms with Crippen molar-refractivity contribution in [2.45, 2.75) is 38.8 Å². The maximum Gasteiger partial charge on any atom is 0.134 e. The fourth-order valence-corrected chi connectivity index (χ4v) is 2.98. The van der Waals surface area contributed by atoms with Gasteiger partial charge in [0, 0.05) is 11.3 Å². The summed E-state index contributed by atoms with van der Waals surface area (Å²) in [5.41, 5.74) is 0.939. The van der Waals surface area contributed by atoms with Gasteiger partial charge < -0.3 is 14.2 Å². The van der Waals surface area contributed by atoms with E-state index in [1.807, 2.05) is 18.2 Å². The Kier molecular flexibility index (Phi) is 3.30. The van der Waals surface area contributed by atoms with Crippen LogP contribution in [0.4, 0.5) is 0 Å². The molecule has 1 saturated carbocycles. The van der Waals surface area contributed by atoms with E-state index in [0.717, 1.165) is 40.7 Å². The molecule has 3 nitrogen and oxygen atoms in total. The van der Waals surface area contributed by atoms with Gasteiger partial charge in [-0.3, -0.25) is 0 Å². The van der Waals surface area contributed by atoms with Gasteiger partial charge in [0.05, 0.1) is 12.6 Å². The second-order valence-electron chi connectivity index (χ2n) is 6.41. The van der Waals surface area contributed by atoms with Gasteiger partial charge in [-0.05, 0) is 43.5 Å². The van der Waals surface area contributed by atoms with Crippen molar-refractivity contribution in [1.82, 2.24) is 5.32 Å². The first-order chi connectivity index (χ1) is 10.7. The molecular formula is C19H21NO2. The summed E-state index contributed by atoms with van der Waals surface area (Å²) in [6.45, 7) is 5.11. The Morgan fingerprint density at radius 2 is 2.00 bits per heavy atom. The highest BCUT2D eigenvalue weighted by molar-refractivity contribution is 5.77. The average Bonchev–Trinajstić information content (AvgIpc) is 2.96. The highest BCUT2D eigenvalue weighted by Gasteiger charge is 2.36. The third kappa shape index (κ3) is 2.57. The van der Waals surface area contributed by atoms with Crippen molar-refractivity contribution in [2.75, 3.05) is 0 Å². The number of fused-ring (bicyclic) bond motifs is 1. The van der Waals surface area contributed by atoms with Crippen LogP contribution in [-0.4, -0.2) is 0 Å². The van der Waals surface area contributed by atoms with Crippen LogP contribution in [0.15, 0.2) is 51.3 Å². The fraction of sp³-hybridized carbons (Fsp3) is 0.368. The summed E-state index contributed by atoms with van der Waals surface area (Å²) in [5, 5.41) is 4.62. The van der Waals surface area contributed by atoms with Crippen molar-refractivity contribution >= 4 is 11.0 Å². The van der Waals surface area contributed by atoms with Gasteiger partial charge in [0.25, 0.3) is 0 Å². The Morgan fingerprint density at radius 1 is 1.18 bits per heavy atom. The summed E-state index contributed by atoms with van der Waals surface area (Å²) in [4.78, 5) is 0. The standard InChI is InChI=1S/C19H21NO2/c1-12-9-16(12)18-8-7-15(21-18)11-20-13(2)19-10-14-5-3-4-6-17(14)22-19/h3-8,10,12-13,16,20H,9,11H2,1-2H3/t12-,13+,16-/m1/s1. The number of hydrogen-bond donors (Lipinski definition) is 1. The van der Waals surface area contributed by atoms with Crippen molar-refractivity contribution in [3.63, 3.8) is 0 Å². The second-order valence-corrected chi connectivity index (χ2v) is 6.41. The van der Waals surface area contributed by atoms with Crippen molar-refractivity contribution in [3.8, 4) is 0 Å². The molecule has 0 bridgehead atoms. The zero-order valence-corrected chi connectivity index (χ0v) is 13.0. The van der Waals surface area contributed by atoms with Crippen LogP contribution in [0, 0.1) is 5.92 Å². The molecule has 0 amide bonds. The lowest BCUT2D eigenvalue weighted by atomic mass is 10.2. The number of hydrogen-bond acceptors (Lipinski definition) is 3. The van der Waals surface area contributed by atoms with Gasteiger partial charge in [-0.1, -0.05) is 25.1 Å². The molecule has 0 aliphatic heterocycles. The molecule has 1 aromatic carbocycles. The largest absolute Gasteiger partial charge is 0.464 e. The first kappa shape index (κ1) is 13.6. The third-order valence-corrected chi connectivity index (χ3v) is 4.61. The average molecular weight is 295 g/mol. The Bertz CT molecular complexity index is 752. The van der Waals surface area contributed by atoms with E-state index in [0.29, 0.717) is 5.92 Å². The van der Waals surface area contributed by atoms with E-state index in [1.165, 1.54) is 6.42 Å². The van der Waals surface area contributed by atoms with E-state index in [4.69, 9.17) is 8.83 Å². The van der Waals surface area contributed by atoms with E-state index in [9.17, 15) is 0 Å². The zero-order chi connectivity index (χ0) is 15.1. The molecule has 1 fully saturated rings. The molecule has 1 aliphatic carbocycles. The van der Waals surface area contributed by atoms with Crippen LogP contribution in [0.25, 0.3) is 11.0 Å². The smallest absolute Gasteiger partial charge is 0.134 e. The van der Waals surface area contributed by atoms with Crippen LogP contribution in [0.5, 0.6) is 0 Å². The van der Waals surface area contributed by atoms with E-state index >= 15 is 0 Å². The predicted octanol–water partition coefficient (Wildman–Crippen LogP) is 5.00. The van der Waals surface area contributed by atoms with E-state index < -0.39 is 0 Å². The summed E-state index contributed by atoms with van der Waals surface area (Å²) < 4.78 is 11.8. The molecule has 2 aromatic heterocycles. The lowest BCUT2D eigenvalue weighted by molar-refractivity contribution is 0.405. The topological polar surface area (TPSA) is 38.3 Å². The molecule has 0 spiro atoms. The van der Waals surface area contributed by atoms with Crippen molar-refractivity contribution in [1.29, 1.82) is 0 Å². The normalized spacial score (nSPS) is 22.1. The molecule has 0 radical (unpaired) electrons. The van der Waals surface area contributed by atoms with Crippen LogP contribution < -0.4 is 5.32 Å². The highest BCUT2D eigenvalue weighted by atomic mass is 16.3. The Balaban J connectivity index is 1.41. The van der Waals surface area contributed by atoms with Crippen LogP contribution in [0.3, 0.4) is 0 Å². The van der Waals surface area contributed by atoms with E-state index in [-0.39, 0.29) is 6.04 Å². The lowest BCUT2D eigenvalue weighted by Crippen LogP contribution is -2.17. The van der Waals surface area contributed by atoms with Gasteiger partial charge in [0.15, 0.2) is 0 Å². The number of para-hydroxylation sites is 1. The number of rotatable bonds is 5. The first-order valence-electron chi connectivity index (χ1n) is 8.01. The highest BCUT2D eigenvalue weighted by Crippen LogP contribution is 2.47. The number of benzene rings is 1. The van der Waals surface area contributed by atoms with Gasteiger partial charge >= 0.3 is 0 Å².